The molecule has 2 aromatic heterocycles. The van der Waals surface area contributed by atoms with Gasteiger partial charge in [0, 0.05) is 18.7 Å². The summed E-state index contributed by atoms with van der Waals surface area (Å²) < 4.78 is 9.74. The smallest absolute Gasteiger partial charge is 0.407 e. The summed E-state index contributed by atoms with van der Waals surface area (Å²) in [6.45, 7) is 7.17. The van der Waals surface area contributed by atoms with E-state index in [-0.39, 0.29) is 40.6 Å². The second kappa shape index (κ2) is 17.3. The van der Waals surface area contributed by atoms with Gasteiger partial charge in [-0.2, -0.15) is 0 Å². The van der Waals surface area contributed by atoms with E-state index in [1.165, 1.54) is 91.7 Å². The highest BCUT2D eigenvalue weighted by atomic mass is 16.5. The number of methoxy groups -OCH3 is 2. The molecule has 3 aromatic carbocycles. The number of fused-ring (bicyclic) bond motifs is 10. The van der Waals surface area contributed by atoms with E-state index in [2.05, 4.69) is 69.1 Å². The number of aromatic amines is 2. The molecule has 4 heterocycles. The molecule has 8 atom stereocenters. The molecule has 8 aliphatic rings. The van der Waals surface area contributed by atoms with Gasteiger partial charge in [-0.3, -0.25) is 9.59 Å². The fraction of sp³-hybridized carbons (Fsp3) is 0.525. The lowest BCUT2D eigenvalue weighted by atomic mass is 9.77. The molecule has 14 nitrogen and oxygen atoms in total. The Morgan fingerprint density at radius 3 is 1.59 bits per heavy atom. The average Bonchev–Trinajstić information content (AvgIpc) is 4.02. The standard InChI is InChI=1S/C59H68N8O6/c1-6-42(64-56(70)72-4)54(68)66-29-58(19-20-58)25-45(66)53-61-28-44(63-53)41-18-17-40(49-36-13-14-37(24-36)50(41)49)39-16-15-38(47-34-11-12-35(23-34)48(39)47)32-7-9-33(10-8-32)43-27-60-52(62-43)46-26-59(21-22-59)30-67(46)55(69)51(31(2)3)65-57(71)73-5/h7-10,15-18,27-28,31,34-37,42,45-46,51H,6,11-14,19-26,29-30H2,1-5H3,(H,60,62)(H,61,63)(H,64,70)(H,65,71). The molecule has 6 fully saturated rings. The molecule has 4 bridgehead atoms. The third kappa shape index (κ3) is 7.69. The number of amides is 4. The van der Waals surface area contributed by atoms with Gasteiger partial charge in [0.15, 0.2) is 0 Å². The zero-order valence-electron chi connectivity index (χ0n) is 42.8. The zero-order valence-corrected chi connectivity index (χ0v) is 42.8. The van der Waals surface area contributed by atoms with E-state index < -0.39 is 24.3 Å². The number of hydrogen-bond donors (Lipinski definition) is 4. The molecule has 4 N–H and O–H groups in total. The minimum atomic E-state index is -0.680. The average molecular weight is 985 g/mol. The number of aromatic nitrogens is 4. The number of alkyl carbamates (subject to hydrolysis) is 2. The van der Waals surface area contributed by atoms with Gasteiger partial charge in [0.2, 0.25) is 11.8 Å². The van der Waals surface area contributed by atoms with Crippen molar-refractivity contribution in [2.45, 2.75) is 152 Å². The minimum Gasteiger partial charge on any atom is -0.453 e. The van der Waals surface area contributed by atoms with E-state index in [9.17, 15) is 19.2 Å². The number of H-pyrrole nitrogens is 2. The lowest BCUT2D eigenvalue weighted by Crippen LogP contribution is -2.51. The van der Waals surface area contributed by atoms with Gasteiger partial charge in [0.05, 0.1) is 50.1 Å². The van der Waals surface area contributed by atoms with Crippen LogP contribution >= 0.6 is 0 Å². The van der Waals surface area contributed by atoms with Gasteiger partial charge in [0.25, 0.3) is 0 Å². The number of nitrogens with one attached hydrogen (secondary N) is 4. The Hall–Kier alpha value is -6.44. The van der Waals surface area contributed by atoms with Crippen LogP contribution < -0.4 is 10.6 Å². The summed E-state index contributed by atoms with van der Waals surface area (Å²) in [7, 11) is 2.65. The molecule has 4 amide bonds. The second-order valence-electron chi connectivity index (χ2n) is 23.7. The Morgan fingerprint density at radius 1 is 0.616 bits per heavy atom. The van der Waals surface area contributed by atoms with Crippen LogP contribution in [-0.2, 0) is 19.1 Å². The molecule has 2 saturated heterocycles. The van der Waals surface area contributed by atoms with Crippen molar-refractivity contribution in [1.82, 2.24) is 40.4 Å². The molecule has 14 heteroatoms. The van der Waals surface area contributed by atoms with Gasteiger partial charge < -0.3 is 39.9 Å². The minimum absolute atomic E-state index is 0.0715. The Labute approximate surface area is 427 Å². The van der Waals surface area contributed by atoms with Crippen LogP contribution in [0, 0.1) is 16.7 Å². The van der Waals surface area contributed by atoms with Crippen LogP contribution in [0.15, 0.2) is 60.9 Å². The number of carbonyl (C=O) groups excluding carboxylic acids is 4. The maximum atomic E-state index is 14.1. The van der Waals surface area contributed by atoms with Gasteiger partial charge in [-0.1, -0.05) is 69.3 Å². The van der Waals surface area contributed by atoms with E-state index in [4.69, 9.17) is 19.4 Å². The molecule has 2 spiro atoms. The summed E-state index contributed by atoms with van der Waals surface area (Å²) in [4.78, 5) is 73.8. The van der Waals surface area contributed by atoms with Crippen LogP contribution in [-0.4, -0.2) is 93.1 Å². The van der Waals surface area contributed by atoms with Crippen molar-refractivity contribution in [3.63, 3.8) is 0 Å². The molecule has 0 radical (unpaired) electrons. The topological polar surface area (TPSA) is 175 Å². The molecule has 6 aliphatic carbocycles. The van der Waals surface area contributed by atoms with Crippen molar-refractivity contribution in [3.05, 3.63) is 94.8 Å². The van der Waals surface area contributed by atoms with Gasteiger partial charge in [-0.05, 0) is 174 Å². The van der Waals surface area contributed by atoms with Crippen LogP contribution in [0.2, 0.25) is 0 Å². The third-order valence-electron chi connectivity index (χ3n) is 19.1. The fourth-order valence-electron chi connectivity index (χ4n) is 14.9. The Morgan fingerprint density at radius 2 is 1.07 bits per heavy atom. The summed E-state index contributed by atoms with van der Waals surface area (Å²) in [6, 6.07) is 16.9. The van der Waals surface area contributed by atoms with Crippen molar-refractivity contribution in [3.8, 4) is 44.8 Å². The lowest BCUT2D eigenvalue weighted by molar-refractivity contribution is -0.136. The molecular weight excluding hydrogens is 917 g/mol. The van der Waals surface area contributed by atoms with Crippen LogP contribution in [0.5, 0.6) is 0 Å². The molecular formula is C59H68N8O6. The highest BCUT2D eigenvalue weighted by Crippen LogP contribution is 2.63. The van der Waals surface area contributed by atoms with Gasteiger partial charge in [-0.15, -0.1) is 0 Å². The number of benzene rings is 3. The molecule has 2 aliphatic heterocycles. The number of likely N-dealkylation sites (tertiary alicyclic amines) is 2. The summed E-state index contributed by atoms with van der Waals surface area (Å²) in [5.74, 6) is 3.54. The molecule has 73 heavy (non-hydrogen) atoms. The zero-order chi connectivity index (χ0) is 50.1. The van der Waals surface area contributed by atoms with Crippen molar-refractivity contribution in [1.29, 1.82) is 0 Å². The lowest BCUT2D eigenvalue weighted by Gasteiger charge is -2.30. The SMILES string of the molecule is CCC(NC(=O)OC)C(=O)N1CC2(CC2)CC1c1ncc(-c2ccc(-c3ccc(-c4ccc(-c5cnc(C6CC7(CC7)CN6C(=O)C(NC(=O)OC)C(C)C)[nH]5)cc4)c4c3C3CCC4C3)c3c2C2CCC3C2)[nH]1. The highest BCUT2D eigenvalue weighted by Gasteiger charge is 2.56. The van der Waals surface area contributed by atoms with Gasteiger partial charge in [0.1, 0.15) is 23.7 Å². The summed E-state index contributed by atoms with van der Waals surface area (Å²) in [6.07, 6.45) is 16.7. The normalized spacial score (nSPS) is 25.8. The monoisotopic (exact) mass is 985 g/mol. The van der Waals surface area contributed by atoms with Crippen molar-refractivity contribution in [2.24, 2.45) is 16.7 Å². The quantitative estimate of drug-likeness (QED) is 0.0955. The molecule has 4 saturated carbocycles. The van der Waals surface area contributed by atoms with Crippen molar-refractivity contribution < 1.29 is 28.7 Å². The first-order valence-corrected chi connectivity index (χ1v) is 27.2. The Bertz CT molecular complexity index is 3060. The number of rotatable bonds is 12. The summed E-state index contributed by atoms with van der Waals surface area (Å²) in [5, 5.41) is 5.56. The Kier molecular flexibility index (Phi) is 11.0. The number of carbonyl (C=O) groups is 4. The molecule has 5 aromatic rings. The number of ether oxygens (including phenoxy) is 2. The summed E-state index contributed by atoms with van der Waals surface area (Å²) >= 11 is 0. The largest absolute Gasteiger partial charge is 0.453 e. The van der Waals surface area contributed by atoms with Crippen LogP contribution in [0.1, 0.15) is 174 Å². The fourth-order valence-corrected chi connectivity index (χ4v) is 14.9. The first-order valence-electron chi connectivity index (χ1n) is 27.2. The van der Waals surface area contributed by atoms with Gasteiger partial charge >= 0.3 is 12.2 Å². The Balaban J connectivity index is 0.783. The van der Waals surface area contributed by atoms with E-state index in [0.29, 0.717) is 43.2 Å². The first-order chi connectivity index (χ1) is 35.4. The maximum Gasteiger partial charge on any atom is 0.407 e. The van der Waals surface area contributed by atoms with Crippen molar-refractivity contribution >= 4 is 24.0 Å². The van der Waals surface area contributed by atoms with Crippen LogP contribution in [0.4, 0.5) is 9.59 Å². The van der Waals surface area contributed by atoms with E-state index >= 15 is 0 Å². The molecule has 380 valence electrons. The molecule has 13 rings (SSSR count). The predicted molar refractivity (Wildman–Crippen MR) is 276 cm³/mol. The molecule has 8 unspecified atom stereocenters. The van der Waals surface area contributed by atoms with Crippen LogP contribution in [0.25, 0.3) is 44.8 Å². The van der Waals surface area contributed by atoms with E-state index in [0.717, 1.165) is 67.1 Å². The number of hydrogen-bond acceptors (Lipinski definition) is 8. The number of imidazole rings is 2. The van der Waals surface area contributed by atoms with E-state index in [1.807, 2.05) is 43.0 Å². The maximum absolute atomic E-state index is 14.1. The van der Waals surface area contributed by atoms with Crippen molar-refractivity contribution in [2.75, 3.05) is 27.3 Å². The number of nitrogens with zero attached hydrogens (tertiary/aromatic N) is 4. The van der Waals surface area contributed by atoms with Gasteiger partial charge in [-0.25, -0.2) is 19.6 Å². The third-order valence-corrected chi connectivity index (χ3v) is 19.1. The second-order valence-corrected chi connectivity index (χ2v) is 23.7. The van der Waals surface area contributed by atoms with Crippen LogP contribution in [0.3, 0.4) is 0 Å². The highest BCUT2D eigenvalue weighted by molar-refractivity contribution is 5.88. The van der Waals surface area contributed by atoms with E-state index in [1.54, 1.807) is 11.1 Å². The summed E-state index contributed by atoms with van der Waals surface area (Å²) in [5.41, 5.74) is 16.0. The predicted octanol–water partition coefficient (Wildman–Crippen LogP) is 11.2. The first kappa shape index (κ1) is 46.4.